The van der Waals surface area contributed by atoms with Crippen molar-refractivity contribution in [1.82, 2.24) is 10.9 Å². The second-order valence-electron chi connectivity index (χ2n) is 4.65. The summed E-state index contributed by atoms with van der Waals surface area (Å²) in [4.78, 5) is 0. The highest BCUT2D eigenvalue weighted by molar-refractivity contribution is 5.35. The van der Waals surface area contributed by atoms with Crippen LogP contribution in [-0.4, -0.2) is 12.6 Å². The minimum absolute atomic E-state index is 0.0759. The van der Waals surface area contributed by atoms with E-state index in [0.29, 0.717) is 0 Å². The van der Waals surface area contributed by atoms with Crippen molar-refractivity contribution in [2.24, 2.45) is 5.73 Å². The number of nitrogens with one attached hydrogen (secondary N) is 2. The van der Waals surface area contributed by atoms with Crippen molar-refractivity contribution in [1.29, 1.82) is 0 Å². The Morgan fingerprint density at radius 2 is 1.79 bits per heavy atom. The summed E-state index contributed by atoms with van der Waals surface area (Å²) in [5, 5.41) is 0. The molecular weight excluding hydrogens is 238 g/mol. The van der Waals surface area contributed by atoms with Crippen molar-refractivity contribution < 1.29 is 4.74 Å². The standard InChI is InChI=1S/C15H17N3O/c16-14-10-17-18-15(14)11-5-4-8-13(9-11)19-12-6-2-1-3-7-12/h1-9,14-15,17-18H,10,16H2. The van der Waals surface area contributed by atoms with Gasteiger partial charge in [0, 0.05) is 12.6 Å². The molecule has 2 aromatic carbocycles. The van der Waals surface area contributed by atoms with Crippen LogP contribution in [0.5, 0.6) is 11.5 Å². The van der Waals surface area contributed by atoms with Gasteiger partial charge in [-0.05, 0) is 29.8 Å². The molecule has 1 heterocycles. The predicted octanol–water partition coefficient (Wildman–Crippen LogP) is 1.96. The molecule has 0 spiro atoms. The fourth-order valence-electron chi connectivity index (χ4n) is 2.24. The smallest absolute Gasteiger partial charge is 0.127 e. The maximum atomic E-state index is 6.05. The van der Waals surface area contributed by atoms with E-state index in [-0.39, 0.29) is 12.1 Å². The third-order valence-corrected chi connectivity index (χ3v) is 3.22. The third kappa shape index (κ3) is 2.76. The molecule has 1 aliphatic rings. The first-order valence-corrected chi connectivity index (χ1v) is 6.40. The Balaban J connectivity index is 1.80. The summed E-state index contributed by atoms with van der Waals surface area (Å²) in [6, 6.07) is 18.0. The van der Waals surface area contributed by atoms with Crippen LogP contribution in [-0.2, 0) is 0 Å². The summed E-state index contributed by atoms with van der Waals surface area (Å²) >= 11 is 0. The lowest BCUT2D eigenvalue weighted by molar-refractivity contribution is 0.478. The van der Waals surface area contributed by atoms with Crippen LogP contribution < -0.4 is 21.3 Å². The van der Waals surface area contributed by atoms with Crippen LogP contribution in [0, 0.1) is 0 Å². The number of rotatable bonds is 3. The normalized spacial score (nSPS) is 22.4. The Kier molecular flexibility index (Phi) is 3.46. The summed E-state index contributed by atoms with van der Waals surface area (Å²) in [6.45, 7) is 0.772. The summed E-state index contributed by atoms with van der Waals surface area (Å²) < 4.78 is 5.82. The highest BCUT2D eigenvalue weighted by atomic mass is 16.5. The maximum Gasteiger partial charge on any atom is 0.127 e. The quantitative estimate of drug-likeness (QED) is 0.784. The summed E-state index contributed by atoms with van der Waals surface area (Å²) in [5.74, 6) is 1.66. The van der Waals surface area contributed by atoms with Gasteiger partial charge in [0.15, 0.2) is 0 Å². The number of nitrogens with two attached hydrogens (primary N) is 1. The summed E-state index contributed by atoms with van der Waals surface area (Å²) in [6.07, 6.45) is 0. The van der Waals surface area contributed by atoms with Crippen molar-refractivity contribution in [2.75, 3.05) is 6.54 Å². The fourth-order valence-corrected chi connectivity index (χ4v) is 2.24. The highest BCUT2D eigenvalue weighted by Crippen LogP contribution is 2.26. The molecule has 3 rings (SSSR count). The highest BCUT2D eigenvalue weighted by Gasteiger charge is 2.24. The second kappa shape index (κ2) is 5.40. The molecule has 1 saturated heterocycles. The van der Waals surface area contributed by atoms with Crippen LogP contribution in [0.25, 0.3) is 0 Å². The number of hydrazine groups is 1. The van der Waals surface area contributed by atoms with Gasteiger partial charge in [0.1, 0.15) is 11.5 Å². The van der Waals surface area contributed by atoms with Gasteiger partial charge in [-0.25, -0.2) is 5.43 Å². The molecule has 4 heteroatoms. The fraction of sp³-hybridized carbons (Fsp3) is 0.200. The lowest BCUT2D eigenvalue weighted by atomic mass is 10.0. The van der Waals surface area contributed by atoms with E-state index >= 15 is 0 Å². The average molecular weight is 255 g/mol. The van der Waals surface area contributed by atoms with Crippen molar-refractivity contribution >= 4 is 0 Å². The topological polar surface area (TPSA) is 59.3 Å². The van der Waals surface area contributed by atoms with Gasteiger partial charge in [0.2, 0.25) is 0 Å². The first-order valence-electron chi connectivity index (χ1n) is 6.40. The van der Waals surface area contributed by atoms with Gasteiger partial charge in [-0.2, -0.15) is 0 Å². The lowest BCUT2D eigenvalue weighted by Gasteiger charge is -2.16. The van der Waals surface area contributed by atoms with E-state index in [1.807, 2.05) is 48.5 Å². The number of benzene rings is 2. The Morgan fingerprint density at radius 3 is 2.53 bits per heavy atom. The van der Waals surface area contributed by atoms with E-state index in [4.69, 9.17) is 10.5 Å². The minimum atomic E-state index is 0.0759. The van der Waals surface area contributed by atoms with E-state index < -0.39 is 0 Å². The Labute approximate surface area is 112 Å². The summed E-state index contributed by atoms with van der Waals surface area (Å²) in [5.41, 5.74) is 13.4. The molecule has 0 aliphatic carbocycles. The molecule has 1 aliphatic heterocycles. The third-order valence-electron chi connectivity index (χ3n) is 3.22. The zero-order valence-electron chi connectivity index (χ0n) is 10.5. The molecule has 2 unspecified atom stereocenters. The van der Waals surface area contributed by atoms with Crippen molar-refractivity contribution in [3.63, 3.8) is 0 Å². The van der Waals surface area contributed by atoms with E-state index in [1.54, 1.807) is 0 Å². The molecule has 4 nitrogen and oxygen atoms in total. The second-order valence-corrected chi connectivity index (χ2v) is 4.65. The summed E-state index contributed by atoms with van der Waals surface area (Å²) in [7, 11) is 0. The predicted molar refractivity (Wildman–Crippen MR) is 74.8 cm³/mol. The Bertz CT molecular complexity index is 544. The average Bonchev–Trinajstić information content (AvgIpc) is 2.86. The zero-order valence-corrected chi connectivity index (χ0v) is 10.5. The van der Waals surface area contributed by atoms with E-state index in [0.717, 1.165) is 23.6 Å². The number of para-hydroxylation sites is 1. The number of ether oxygens (including phenoxy) is 1. The van der Waals surface area contributed by atoms with Gasteiger partial charge in [-0.15, -0.1) is 0 Å². The lowest BCUT2D eigenvalue weighted by Crippen LogP contribution is -2.29. The zero-order chi connectivity index (χ0) is 13.1. The van der Waals surface area contributed by atoms with E-state index in [2.05, 4.69) is 16.9 Å². The van der Waals surface area contributed by atoms with Crippen LogP contribution >= 0.6 is 0 Å². The molecule has 98 valence electrons. The van der Waals surface area contributed by atoms with Crippen molar-refractivity contribution in [2.45, 2.75) is 12.1 Å². The molecule has 2 atom stereocenters. The van der Waals surface area contributed by atoms with Gasteiger partial charge < -0.3 is 10.5 Å². The van der Waals surface area contributed by atoms with Gasteiger partial charge in [-0.1, -0.05) is 30.3 Å². The molecular formula is C15H17N3O. The molecule has 2 aromatic rings. The van der Waals surface area contributed by atoms with Crippen molar-refractivity contribution in [3.05, 3.63) is 60.2 Å². The van der Waals surface area contributed by atoms with Gasteiger partial charge in [0.25, 0.3) is 0 Å². The molecule has 4 N–H and O–H groups in total. The number of hydrogen-bond donors (Lipinski definition) is 3. The van der Waals surface area contributed by atoms with Crippen LogP contribution in [0.15, 0.2) is 54.6 Å². The van der Waals surface area contributed by atoms with Gasteiger partial charge >= 0.3 is 0 Å². The SMILES string of the molecule is NC1CNNC1c1cccc(Oc2ccccc2)c1. The molecule has 0 aromatic heterocycles. The Morgan fingerprint density at radius 1 is 1.00 bits per heavy atom. The molecule has 19 heavy (non-hydrogen) atoms. The van der Waals surface area contributed by atoms with Crippen LogP contribution in [0.1, 0.15) is 11.6 Å². The first kappa shape index (κ1) is 12.2. The van der Waals surface area contributed by atoms with E-state index in [1.165, 1.54) is 0 Å². The van der Waals surface area contributed by atoms with Crippen LogP contribution in [0.3, 0.4) is 0 Å². The molecule has 0 saturated carbocycles. The van der Waals surface area contributed by atoms with Crippen LogP contribution in [0.4, 0.5) is 0 Å². The minimum Gasteiger partial charge on any atom is -0.457 e. The maximum absolute atomic E-state index is 6.05. The largest absolute Gasteiger partial charge is 0.457 e. The molecule has 1 fully saturated rings. The van der Waals surface area contributed by atoms with E-state index in [9.17, 15) is 0 Å². The Hall–Kier alpha value is -1.88. The van der Waals surface area contributed by atoms with Gasteiger partial charge in [0.05, 0.1) is 6.04 Å². The van der Waals surface area contributed by atoms with Crippen LogP contribution in [0.2, 0.25) is 0 Å². The van der Waals surface area contributed by atoms with Gasteiger partial charge in [-0.3, -0.25) is 5.43 Å². The molecule has 0 radical (unpaired) electrons. The monoisotopic (exact) mass is 255 g/mol. The van der Waals surface area contributed by atoms with Crippen molar-refractivity contribution in [3.8, 4) is 11.5 Å². The first-order chi connectivity index (χ1) is 9.33. The molecule has 0 bridgehead atoms. The molecule has 0 amide bonds. The number of hydrogen-bond acceptors (Lipinski definition) is 4.